The minimum absolute atomic E-state index is 0.196. The number of benzene rings is 2. The van der Waals surface area contributed by atoms with Crippen molar-refractivity contribution in [3.05, 3.63) is 65.2 Å². The van der Waals surface area contributed by atoms with Crippen LogP contribution in [0.1, 0.15) is 22.7 Å². The molecule has 132 valence electrons. The van der Waals surface area contributed by atoms with Gasteiger partial charge in [-0.25, -0.2) is 0 Å². The monoisotopic (exact) mass is 349 g/mol. The summed E-state index contributed by atoms with van der Waals surface area (Å²) < 4.78 is 12.6. The minimum atomic E-state index is -0.196. The lowest BCUT2D eigenvalue weighted by Crippen LogP contribution is -2.20. The van der Waals surface area contributed by atoms with Gasteiger partial charge in [0.25, 0.3) is 0 Å². The van der Waals surface area contributed by atoms with Gasteiger partial charge in [-0.05, 0) is 41.1 Å². The fourth-order valence-corrected chi connectivity index (χ4v) is 3.04. The molecule has 0 saturated carbocycles. The van der Waals surface area contributed by atoms with Crippen LogP contribution in [0, 0.1) is 6.92 Å². The molecule has 1 aromatic heterocycles. The number of nitrogens with zero attached hydrogens (tertiary/aromatic N) is 4. The Balaban J connectivity index is 1.82. The summed E-state index contributed by atoms with van der Waals surface area (Å²) in [6.07, 6.45) is 2.10. The molecule has 0 unspecified atom stereocenters. The highest BCUT2D eigenvalue weighted by Gasteiger charge is 2.26. The van der Waals surface area contributed by atoms with E-state index in [0.29, 0.717) is 5.95 Å². The normalized spacial score (nSPS) is 15.7. The lowest BCUT2D eigenvalue weighted by atomic mass is 10.00. The summed E-state index contributed by atoms with van der Waals surface area (Å²) in [6, 6.07) is 13.9. The maximum absolute atomic E-state index is 5.58. The number of hydrogen-bond donors (Lipinski definition) is 1. The number of nitrogens with one attached hydrogen (secondary N) is 1. The van der Waals surface area contributed by atoms with Crippen molar-refractivity contribution >= 4 is 11.6 Å². The summed E-state index contributed by atoms with van der Waals surface area (Å²) >= 11 is 0. The molecule has 0 amide bonds. The lowest BCUT2D eigenvalue weighted by Gasteiger charge is -2.25. The molecule has 0 spiro atoms. The fourth-order valence-electron chi connectivity index (χ4n) is 3.04. The summed E-state index contributed by atoms with van der Waals surface area (Å²) in [6.45, 7) is 2.07. The number of hydrogen-bond acceptors (Lipinski definition) is 6. The molecule has 26 heavy (non-hydrogen) atoms. The Labute approximate surface area is 151 Å². The zero-order valence-electron chi connectivity index (χ0n) is 14.8. The number of methoxy groups -OCH3 is 2. The van der Waals surface area contributed by atoms with Crippen molar-refractivity contribution in [2.75, 3.05) is 19.5 Å². The first-order valence-electron chi connectivity index (χ1n) is 8.25. The smallest absolute Gasteiger partial charge is 0.248 e. The van der Waals surface area contributed by atoms with E-state index in [2.05, 4.69) is 58.1 Å². The van der Waals surface area contributed by atoms with E-state index in [1.54, 1.807) is 18.9 Å². The number of anilines is 1. The average molecular weight is 349 g/mol. The Morgan fingerprint density at radius 3 is 2.58 bits per heavy atom. The van der Waals surface area contributed by atoms with E-state index >= 15 is 0 Å². The Morgan fingerprint density at radius 2 is 1.85 bits per heavy atom. The Hall–Kier alpha value is -3.35. The zero-order valence-corrected chi connectivity index (χ0v) is 14.8. The predicted molar refractivity (Wildman–Crippen MR) is 98.3 cm³/mol. The Morgan fingerprint density at radius 1 is 1.04 bits per heavy atom. The second-order valence-electron chi connectivity index (χ2n) is 6.07. The molecule has 1 aliphatic heterocycles. The van der Waals surface area contributed by atoms with E-state index in [-0.39, 0.29) is 6.04 Å². The molecule has 7 nitrogen and oxygen atoms in total. The molecule has 1 N–H and O–H groups in total. The SMILES string of the molecule is COc1ccc([C@H]2C=C(c3ccc(C)cc3)Nc3nnnn32)c(OC)c1. The number of aryl methyl sites for hydroxylation is 1. The molecule has 0 saturated heterocycles. The van der Waals surface area contributed by atoms with Gasteiger partial charge in [-0.15, -0.1) is 0 Å². The Bertz CT molecular complexity index is 962. The summed E-state index contributed by atoms with van der Waals surface area (Å²) in [5.74, 6) is 2.04. The molecule has 3 aromatic rings. The molecular weight excluding hydrogens is 330 g/mol. The molecule has 2 aromatic carbocycles. The lowest BCUT2D eigenvalue weighted by molar-refractivity contribution is 0.387. The third-order valence-electron chi connectivity index (χ3n) is 4.45. The summed E-state index contributed by atoms with van der Waals surface area (Å²) in [4.78, 5) is 0. The number of tetrazole rings is 1. The van der Waals surface area contributed by atoms with Crippen LogP contribution in [0.5, 0.6) is 11.5 Å². The summed E-state index contributed by atoms with van der Waals surface area (Å²) in [5, 5.41) is 15.3. The molecular formula is C19H19N5O2. The number of allylic oxidation sites excluding steroid dienone is 1. The highest BCUT2D eigenvalue weighted by atomic mass is 16.5. The third-order valence-corrected chi connectivity index (χ3v) is 4.45. The first-order valence-corrected chi connectivity index (χ1v) is 8.25. The second-order valence-corrected chi connectivity index (χ2v) is 6.07. The van der Waals surface area contributed by atoms with Gasteiger partial charge in [0, 0.05) is 17.3 Å². The van der Waals surface area contributed by atoms with Gasteiger partial charge in [-0.2, -0.15) is 4.68 Å². The van der Waals surface area contributed by atoms with Crippen LogP contribution in [0.3, 0.4) is 0 Å². The van der Waals surface area contributed by atoms with Gasteiger partial charge in [-0.3, -0.25) is 0 Å². The predicted octanol–water partition coefficient (Wildman–Crippen LogP) is 3.05. The van der Waals surface area contributed by atoms with E-state index in [1.807, 2.05) is 18.2 Å². The van der Waals surface area contributed by atoms with E-state index in [0.717, 1.165) is 28.3 Å². The third kappa shape index (κ3) is 2.77. The van der Waals surface area contributed by atoms with Crippen LogP contribution in [0.4, 0.5) is 5.95 Å². The van der Waals surface area contributed by atoms with Crippen molar-refractivity contribution in [1.82, 2.24) is 20.2 Å². The fraction of sp³-hybridized carbons (Fsp3) is 0.211. The number of aromatic nitrogens is 4. The van der Waals surface area contributed by atoms with Crippen LogP contribution in [0.25, 0.3) is 5.70 Å². The maximum atomic E-state index is 5.58. The van der Waals surface area contributed by atoms with Crippen molar-refractivity contribution in [3.8, 4) is 11.5 Å². The van der Waals surface area contributed by atoms with Crippen molar-refractivity contribution in [1.29, 1.82) is 0 Å². The van der Waals surface area contributed by atoms with Crippen LogP contribution in [0.15, 0.2) is 48.5 Å². The first kappa shape index (κ1) is 16.1. The van der Waals surface area contributed by atoms with Gasteiger partial charge in [0.05, 0.1) is 14.2 Å². The van der Waals surface area contributed by atoms with Crippen LogP contribution < -0.4 is 14.8 Å². The van der Waals surface area contributed by atoms with Crippen molar-refractivity contribution in [3.63, 3.8) is 0 Å². The van der Waals surface area contributed by atoms with Crippen molar-refractivity contribution < 1.29 is 9.47 Å². The molecule has 4 rings (SSSR count). The standard InChI is InChI=1S/C19H19N5O2/c1-12-4-6-13(7-5-12)16-11-17(24-19(20-16)21-22-23-24)15-9-8-14(25-2)10-18(15)26-3/h4-11,17H,1-3H3,(H,20,21,23)/t17-/m1/s1. The van der Waals surface area contributed by atoms with Crippen LogP contribution in [0.2, 0.25) is 0 Å². The van der Waals surface area contributed by atoms with E-state index in [4.69, 9.17) is 9.47 Å². The number of fused-ring (bicyclic) bond motifs is 1. The molecule has 7 heteroatoms. The highest BCUT2D eigenvalue weighted by Crippen LogP contribution is 2.37. The van der Waals surface area contributed by atoms with Crippen molar-refractivity contribution in [2.24, 2.45) is 0 Å². The first-order chi connectivity index (χ1) is 12.7. The van der Waals surface area contributed by atoms with E-state index in [9.17, 15) is 0 Å². The molecule has 1 atom stereocenters. The molecule has 1 aliphatic rings. The summed E-state index contributed by atoms with van der Waals surface area (Å²) in [7, 11) is 3.28. The van der Waals surface area contributed by atoms with Crippen molar-refractivity contribution in [2.45, 2.75) is 13.0 Å². The molecule has 0 radical (unpaired) electrons. The number of rotatable bonds is 4. The summed E-state index contributed by atoms with van der Waals surface area (Å²) in [5.41, 5.74) is 4.19. The Kier molecular flexibility index (Phi) is 4.04. The molecule has 0 aliphatic carbocycles. The van der Waals surface area contributed by atoms with E-state index in [1.165, 1.54) is 5.56 Å². The highest BCUT2D eigenvalue weighted by molar-refractivity contribution is 5.77. The van der Waals surface area contributed by atoms with Gasteiger partial charge in [0.2, 0.25) is 5.95 Å². The van der Waals surface area contributed by atoms with E-state index < -0.39 is 0 Å². The zero-order chi connectivity index (χ0) is 18.1. The molecule has 0 bridgehead atoms. The maximum Gasteiger partial charge on any atom is 0.248 e. The van der Waals surface area contributed by atoms with Crippen LogP contribution in [-0.2, 0) is 0 Å². The topological polar surface area (TPSA) is 74.1 Å². The second kappa shape index (κ2) is 6.51. The van der Waals surface area contributed by atoms with Gasteiger partial charge in [-0.1, -0.05) is 34.9 Å². The van der Waals surface area contributed by atoms with Crippen LogP contribution >= 0.6 is 0 Å². The molecule has 0 fully saturated rings. The average Bonchev–Trinajstić information content (AvgIpc) is 3.16. The van der Waals surface area contributed by atoms with Gasteiger partial charge >= 0.3 is 0 Å². The number of ether oxygens (including phenoxy) is 2. The van der Waals surface area contributed by atoms with Gasteiger partial charge < -0.3 is 14.8 Å². The quantitative estimate of drug-likeness (QED) is 0.780. The van der Waals surface area contributed by atoms with Gasteiger partial charge in [0.1, 0.15) is 17.5 Å². The van der Waals surface area contributed by atoms with Crippen LogP contribution in [-0.4, -0.2) is 34.4 Å². The minimum Gasteiger partial charge on any atom is -0.497 e. The largest absolute Gasteiger partial charge is 0.497 e. The molecule has 2 heterocycles. The van der Waals surface area contributed by atoms with Gasteiger partial charge in [0.15, 0.2) is 0 Å².